The molecule has 5 nitrogen and oxygen atoms in total. The van der Waals surface area contributed by atoms with Crippen LogP contribution in [0, 0.1) is 23.7 Å². The Morgan fingerprint density at radius 3 is 2.50 bits per heavy atom. The summed E-state index contributed by atoms with van der Waals surface area (Å²) in [7, 11) is 0. The van der Waals surface area contributed by atoms with Gasteiger partial charge < -0.3 is 4.74 Å². The Morgan fingerprint density at radius 2 is 1.92 bits per heavy atom. The highest BCUT2D eigenvalue weighted by atomic mass is 35.5. The van der Waals surface area contributed by atoms with Crippen molar-refractivity contribution in [1.82, 2.24) is 5.01 Å². The van der Waals surface area contributed by atoms with Crippen LogP contribution < -0.4 is 4.74 Å². The molecule has 0 radical (unpaired) electrons. The van der Waals surface area contributed by atoms with E-state index < -0.39 is 0 Å². The molecule has 26 heavy (non-hydrogen) atoms. The first-order chi connectivity index (χ1) is 12.5. The fourth-order valence-corrected chi connectivity index (χ4v) is 4.35. The monoisotopic (exact) mass is 372 g/mol. The lowest BCUT2D eigenvalue weighted by Crippen LogP contribution is -2.28. The van der Waals surface area contributed by atoms with Crippen LogP contribution in [-0.4, -0.2) is 29.1 Å². The predicted octanol–water partition coefficient (Wildman–Crippen LogP) is 3.66. The molecular formula is C20H21ClN2O3. The van der Waals surface area contributed by atoms with Crippen LogP contribution in [0.15, 0.2) is 35.5 Å². The molecule has 1 aromatic carbocycles. The molecular weight excluding hydrogens is 352 g/mol. The Kier molecular flexibility index (Phi) is 4.35. The number of rotatable bonds is 5. The van der Waals surface area contributed by atoms with Crippen LogP contribution in [0.25, 0.3) is 0 Å². The molecule has 6 heteroatoms. The molecule has 5 unspecified atom stereocenters. The molecule has 2 aliphatic carbocycles. The van der Waals surface area contributed by atoms with Gasteiger partial charge in [0.15, 0.2) is 0 Å². The molecule has 136 valence electrons. The maximum absolute atomic E-state index is 12.6. The molecule has 2 fully saturated rings. The van der Waals surface area contributed by atoms with Gasteiger partial charge in [-0.15, -0.1) is 0 Å². The quantitative estimate of drug-likeness (QED) is 0.450. The maximum atomic E-state index is 12.6. The largest absolute Gasteiger partial charge is 0.489 e. The second-order valence-electron chi connectivity index (χ2n) is 7.26. The summed E-state index contributed by atoms with van der Waals surface area (Å²) in [5, 5.41) is 5.68. The van der Waals surface area contributed by atoms with Gasteiger partial charge in [-0.1, -0.05) is 30.7 Å². The standard InChI is InChI=1S/C20H21ClN2O3/c1-3-11(2)26-16-7-4-12(8-15(16)21)10-22-23-19(24)17-13-5-6-14(9-13)18(17)20(23)25/h4-8,10-11,13-14,17-18H,3,9H2,1-2H3. The van der Waals surface area contributed by atoms with Crippen LogP contribution in [0.2, 0.25) is 5.02 Å². The minimum Gasteiger partial charge on any atom is -0.489 e. The topological polar surface area (TPSA) is 59.0 Å². The lowest BCUT2D eigenvalue weighted by atomic mass is 9.85. The minimum atomic E-state index is -0.232. The van der Waals surface area contributed by atoms with Crippen LogP contribution >= 0.6 is 11.6 Å². The molecule has 1 aliphatic heterocycles. The second kappa shape index (κ2) is 6.54. The predicted molar refractivity (Wildman–Crippen MR) is 99.0 cm³/mol. The van der Waals surface area contributed by atoms with Crippen molar-refractivity contribution >= 4 is 29.6 Å². The molecule has 4 rings (SSSR count). The first-order valence-electron chi connectivity index (χ1n) is 9.06. The average molecular weight is 373 g/mol. The van der Waals surface area contributed by atoms with Crippen LogP contribution in [0.4, 0.5) is 0 Å². The lowest BCUT2D eigenvalue weighted by Gasteiger charge is -2.14. The molecule has 1 saturated heterocycles. The van der Waals surface area contributed by atoms with Gasteiger partial charge in [-0.25, -0.2) is 0 Å². The Balaban J connectivity index is 1.49. The third kappa shape index (κ3) is 2.75. The summed E-state index contributed by atoms with van der Waals surface area (Å²) in [5.74, 6) is 0.158. The van der Waals surface area contributed by atoms with Gasteiger partial charge in [0.25, 0.3) is 11.8 Å². The summed E-state index contributed by atoms with van der Waals surface area (Å²) in [6, 6.07) is 5.31. The lowest BCUT2D eigenvalue weighted by molar-refractivity contribution is -0.140. The van der Waals surface area contributed by atoms with Gasteiger partial charge >= 0.3 is 0 Å². The van der Waals surface area contributed by atoms with Crippen molar-refractivity contribution in [2.24, 2.45) is 28.8 Å². The number of carbonyl (C=O) groups is 2. The summed E-state index contributed by atoms with van der Waals surface area (Å²) >= 11 is 6.27. The second-order valence-corrected chi connectivity index (χ2v) is 7.67. The van der Waals surface area contributed by atoms with Gasteiger partial charge in [-0.2, -0.15) is 10.1 Å². The summed E-state index contributed by atoms with van der Waals surface area (Å²) < 4.78 is 5.74. The van der Waals surface area contributed by atoms with Crippen molar-refractivity contribution in [2.75, 3.05) is 0 Å². The van der Waals surface area contributed by atoms with Crippen molar-refractivity contribution in [3.63, 3.8) is 0 Å². The van der Waals surface area contributed by atoms with E-state index in [0.29, 0.717) is 16.3 Å². The van der Waals surface area contributed by atoms with Crippen molar-refractivity contribution < 1.29 is 14.3 Å². The highest BCUT2D eigenvalue weighted by Gasteiger charge is 2.59. The smallest absolute Gasteiger partial charge is 0.254 e. The van der Waals surface area contributed by atoms with E-state index in [1.165, 1.54) is 6.21 Å². The first-order valence-corrected chi connectivity index (χ1v) is 9.43. The van der Waals surface area contributed by atoms with E-state index in [-0.39, 0.29) is 41.6 Å². The number of halogens is 1. The zero-order chi connectivity index (χ0) is 18.4. The van der Waals surface area contributed by atoms with Crippen LogP contribution in [0.1, 0.15) is 32.3 Å². The number of hydrazone groups is 1. The van der Waals surface area contributed by atoms with Crippen molar-refractivity contribution in [3.8, 4) is 5.75 Å². The first kappa shape index (κ1) is 17.3. The molecule has 1 aromatic rings. The van der Waals surface area contributed by atoms with Gasteiger partial charge in [0.05, 0.1) is 29.2 Å². The number of hydrogen-bond donors (Lipinski definition) is 0. The molecule has 0 aromatic heterocycles. The number of carbonyl (C=O) groups excluding carboxylic acids is 2. The molecule has 2 bridgehead atoms. The minimum absolute atomic E-state index is 0.0789. The van der Waals surface area contributed by atoms with E-state index >= 15 is 0 Å². The third-order valence-electron chi connectivity index (χ3n) is 5.63. The third-order valence-corrected chi connectivity index (χ3v) is 5.92. The molecule has 0 N–H and O–H groups in total. The SMILES string of the molecule is CCC(C)Oc1ccc(C=NN2C(=O)C3C4C=CC(C4)C3C2=O)cc1Cl. The zero-order valence-corrected chi connectivity index (χ0v) is 15.5. The van der Waals surface area contributed by atoms with E-state index in [9.17, 15) is 9.59 Å². The Morgan fingerprint density at radius 1 is 1.27 bits per heavy atom. The number of fused-ring (bicyclic) bond motifs is 5. The zero-order valence-electron chi connectivity index (χ0n) is 14.8. The number of imide groups is 1. The highest BCUT2D eigenvalue weighted by molar-refractivity contribution is 6.32. The molecule has 5 atom stereocenters. The number of nitrogens with zero attached hydrogens (tertiary/aromatic N) is 2. The van der Waals surface area contributed by atoms with Crippen molar-refractivity contribution in [3.05, 3.63) is 40.9 Å². The van der Waals surface area contributed by atoms with Gasteiger partial charge in [0.2, 0.25) is 0 Å². The van der Waals surface area contributed by atoms with Gasteiger partial charge in [-0.05, 0) is 55.4 Å². The van der Waals surface area contributed by atoms with Crippen LogP contribution in [0.5, 0.6) is 5.75 Å². The van der Waals surface area contributed by atoms with Gasteiger partial charge in [-0.3, -0.25) is 9.59 Å². The number of hydrogen-bond acceptors (Lipinski definition) is 4. The summed E-state index contributed by atoms with van der Waals surface area (Å²) in [5.41, 5.74) is 0.713. The van der Waals surface area contributed by atoms with Crippen LogP contribution in [-0.2, 0) is 9.59 Å². The summed E-state index contributed by atoms with van der Waals surface area (Å²) in [6.07, 6.45) is 7.52. The molecule has 3 aliphatic rings. The van der Waals surface area contributed by atoms with E-state index in [4.69, 9.17) is 16.3 Å². The van der Waals surface area contributed by atoms with E-state index in [1.54, 1.807) is 12.1 Å². The number of allylic oxidation sites excluding steroid dienone is 2. The fourth-order valence-electron chi connectivity index (χ4n) is 4.12. The summed E-state index contributed by atoms with van der Waals surface area (Å²) in [4.78, 5) is 25.2. The van der Waals surface area contributed by atoms with Crippen molar-refractivity contribution in [2.45, 2.75) is 32.8 Å². The Bertz CT molecular complexity index is 789. The van der Waals surface area contributed by atoms with Gasteiger partial charge in [0, 0.05) is 0 Å². The van der Waals surface area contributed by atoms with E-state index in [1.807, 2.05) is 19.9 Å². The maximum Gasteiger partial charge on any atom is 0.254 e. The molecule has 1 saturated carbocycles. The highest BCUT2D eigenvalue weighted by Crippen LogP contribution is 2.52. The Labute approximate surface area is 157 Å². The summed E-state index contributed by atoms with van der Waals surface area (Å²) in [6.45, 7) is 4.02. The van der Waals surface area contributed by atoms with E-state index in [0.717, 1.165) is 17.9 Å². The van der Waals surface area contributed by atoms with Crippen molar-refractivity contribution in [1.29, 1.82) is 0 Å². The normalized spacial score (nSPS) is 30.5. The van der Waals surface area contributed by atoms with E-state index in [2.05, 4.69) is 17.3 Å². The number of benzene rings is 1. The fraction of sp³-hybridized carbons (Fsp3) is 0.450. The molecule has 0 spiro atoms. The Hall–Kier alpha value is -2.14. The van der Waals surface area contributed by atoms with Crippen LogP contribution in [0.3, 0.4) is 0 Å². The number of ether oxygens (including phenoxy) is 1. The average Bonchev–Trinajstić information content (AvgIpc) is 3.30. The number of amides is 2. The van der Waals surface area contributed by atoms with Gasteiger partial charge in [0.1, 0.15) is 5.75 Å². The molecule has 1 heterocycles. The molecule has 2 amide bonds.